The van der Waals surface area contributed by atoms with Crippen molar-refractivity contribution < 1.29 is 9.53 Å². The van der Waals surface area contributed by atoms with Crippen LogP contribution in [0.4, 0.5) is 0 Å². The Morgan fingerprint density at radius 3 is 2.53 bits per heavy atom. The summed E-state index contributed by atoms with van der Waals surface area (Å²) in [6.07, 6.45) is 1.96. The van der Waals surface area contributed by atoms with Gasteiger partial charge >= 0.3 is 0 Å². The van der Waals surface area contributed by atoms with Gasteiger partial charge in [0.05, 0.1) is 12.0 Å². The van der Waals surface area contributed by atoms with Gasteiger partial charge in [-0.15, -0.1) is 0 Å². The van der Waals surface area contributed by atoms with Crippen LogP contribution in [0.1, 0.15) is 17.5 Å². The van der Waals surface area contributed by atoms with Gasteiger partial charge in [-0.05, 0) is 17.5 Å². The van der Waals surface area contributed by atoms with Crippen molar-refractivity contribution in [1.82, 2.24) is 4.90 Å². The van der Waals surface area contributed by atoms with Crippen molar-refractivity contribution in [2.75, 3.05) is 19.8 Å². The van der Waals surface area contributed by atoms with Gasteiger partial charge in [0.25, 0.3) is 0 Å². The molecule has 0 saturated carbocycles. The summed E-state index contributed by atoms with van der Waals surface area (Å²) in [6, 6.07) is 8.51. The molecule has 90 valence electrons. The SMILES string of the molecule is O=CC1(CN2Cc3ccccc3C2)CCOC1. The first-order valence-electron chi connectivity index (χ1n) is 6.15. The molecule has 17 heavy (non-hydrogen) atoms. The lowest BCUT2D eigenvalue weighted by Crippen LogP contribution is -2.36. The largest absolute Gasteiger partial charge is 0.380 e. The Hall–Kier alpha value is -1.19. The molecule has 1 saturated heterocycles. The van der Waals surface area contributed by atoms with Crippen molar-refractivity contribution in [2.45, 2.75) is 19.5 Å². The van der Waals surface area contributed by atoms with Gasteiger partial charge in [-0.25, -0.2) is 0 Å². The van der Waals surface area contributed by atoms with E-state index in [1.165, 1.54) is 11.1 Å². The van der Waals surface area contributed by atoms with Crippen LogP contribution in [0.25, 0.3) is 0 Å². The first-order chi connectivity index (χ1) is 8.31. The van der Waals surface area contributed by atoms with Crippen LogP contribution in [0.5, 0.6) is 0 Å². The molecule has 3 heteroatoms. The fourth-order valence-electron chi connectivity index (χ4n) is 2.84. The van der Waals surface area contributed by atoms with E-state index in [1.54, 1.807) is 0 Å². The third kappa shape index (κ3) is 2.01. The normalized spacial score (nSPS) is 28.2. The average Bonchev–Trinajstić information content (AvgIpc) is 2.95. The van der Waals surface area contributed by atoms with Gasteiger partial charge < -0.3 is 9.53 Å². The zero-order chi connectivity index (χ0) is 11.7. The summed E-state index contributed by atoms with van der Waals surface area (Å²) in [5.74, 6) is 0. The summed E-state index contributed by atoms with van der Waals surface area (Å²) in [5, 5.41) is 0. The minimum Gasteiger partial charge on any atom is -0.380 e. The molecule has 2 heterocycles. The maximum absolute atomic E-state index is 11.3. The topological polar surface area (TPSA) is 29.5 Å². The minimum atomic E-state index is -0.262. The van der Waals surface area contributed by atoms with Gasteiger partial charge in [0.15, 0.2) is 0 Å². The number of benzene rings is 1. The lowest BCUT2D eigenvalue weighted by molar-refractivity contribution is -0.117. The molecular formula is C14H17NO2. The van der Waals surface area contributed by atoms with Crippen molar-refractivity contribution >= 4 is 6.29 Å². The zero-order valence-electron chi connectivity index (χ0n) is 9.89. The second-order valence-corrected chi connectivity index (χ2v) is 5.20. The predicted molar refractivity (Wildman–Crippen MR) is 64.5 cm³/mol. The highest BCUT2D eigenvalue weighted by atomic mass is 16.5. The summed E-state index contributed by atoms with van der Waals surface area (Å²) in [4.78, 5) is 13.6. The Morgan fingerprint density at radius 1 is 1.29 bits per heavy atom. The summed E-state index contributed by atoms with van der Waals surface area (Å²) >= 11 is 0. The van der Waals surface area contributed by atoms with E-state index < -0.39 is 0 Å². The molecule has 1 aromatic rings. The molecule has 3 rings (SSSR count). The molecule has 2 aliphatic rings. The maximum atomic E-state index is 11.3. The number of carbonyl (C=O) groups excluding carboxylic acids is 1. The average molecular weight is 231 g/mol. The Balaban J connectivity index is 1.71. The van der Waals surface area contributed by atoms with Gasteiger partial charge in [0.1, 0.15) is 6.29 Å². The van der Waals surface area contributed by atoms with Crippen LogP contribution < -0.4 is 0 Å². The van der Waals surface area contributed by atoms with Crippen LogP contribution >= 0.6 is 0 Å². The van der Waals surface area contributed by atoms with E-state index in [4.69, 9.17) is 4.74 Å². The molecule has 0 radical (unpaired) electrons. The molecule has 1 unspecified atom stereocenters. The van der Waals surface area contributed by atoms with E-state index in [9.17, 15) is 4.79 Å². The van der Waals surface area contributed by atoms with Gasteiger partial charge in [0, 0.05) is 26.2 Å². The van der Waals surface area contributed by atoms with Crippen LogP contribution in [-0.4, -0.2) is 30.9 Å². The summed E-state index contributed by atoms with van der Waals surface area (Å²) in [6.45, 7) is 4.06. The Morgan fingerprint density at radius 2 is 2.00 bits per heavy atom. The third-order valence-electron chi connectivity index (χ3n) is 3.83. The van der Waals surface area contributed by atoms with Gasteiger partial charge in [-0.2, -0.15) is 0 Å². The molecule has 2 aliphatic heterocycles. The number of nitrogens with zero attached hydrogens (tertiary/aromatic N) is 1. The monoisotopic (exact) mass is 231 g/mol. The Labute approximate surface area is 101 Å². The second-order valence-electron chi connectivity index (χ2n) is 5.20. The van der Waals surface area contributed by atoms with Crippen molar-refractivity contribution in [3.63, 3.8) is 0 Å². The standard InChI is InChI=1S/C14H17NO2/c16-10-14(5-6-17-11-14)9-15-7-12-3-1-2-4-13(12)8-15/h1-4,10H,5-9,11H2. The predicted octanol–water partition coefficient (Wildman–Crippen LogP) is 1.61. The summed E-state index contributed by atoms with van der Waals surface area (Å²) < 4.78 is 5.38. The molecule has 0 aromatic heterocycles. The first-order valence-corrected chi connectivity index (χ1v) is 6.15. The number of fused-ring (bicyclic) bond motifs is 1. The Kier molecular flexibility index (Phi) is 2.73. The number of rotatable bonds is 3. The van der Waals surface area contributed by atoms with Gasteiger partial charge in [-0.1, -0.05) is 24.3 Å². The molecule has 0 bridgehead atoms. The second kappa shape index (κ2) is 4.24. The third-order valence-corrected chi connectivity index (χ3v) is 3.83. The molecular weight excluding hydrogens is 214 g/mol. The van der Waals surface area contributed by atoms with E-state index in [2.05, 4.69) is 29.2 Å². The van der Waals surface area contributed by atoms with Crippen LogP contribution in [0.3, 0.4) is 0 Å². The highest BCUT2D eigenvalue weighted by Gasteiger charge is 2.37. The van der Waals surface area contributed by atoms with Gasteiger partial charge in [-0.3, -0.25) is 4.90 Å². The maximum Gasteiger partial charge on any atom is 0.129 e. The smallest absolute Gasteiger partial charge is 0.129 e. The summed E-state index contributed by atoms with van der Waals surface area (Å²) in [7, 11) is 0. The van der Waals surface area contributed by atoms with Crippen molar-refractivity contribution in [3.8, 4) is 0 Å². The zero-order valence-corrected chi connectivity index (χ0v) is 9.89. The fourth-order valence-corrected chi connectivity index (χ4v) is 2.84. The molecule has 1 aromatic carbocycles. The first kappa shape index (κ1) is 10.9. The van der Waals surface area contributed by atoms with Crippen LogP contribution in [-0.2, 0) is 22.6 Å². The van der Waals surface area contributed by atoms with E-state index in [-0.39, 0.29) is 5.41 Å². The molecule has 0 amide bonds. The highest BCUT2D eigenvalue weighted by molar-refractivity contribution is 5.60. The molecule has 0 spiro atoms. The van der Waals surface area contributed by atoms with Crippen LogP contribution in [0.15, 0.2) is 24.3 Å². The number of aldehydes is 1. The van der Waals surface area contributed by atoms with Crippen LogP contribution in [0, 0.1) is 5.41 Å². The van der Waals surface area contributed by atoms with Gasteiger partial charge in [0.2, 0.25) is 0 Å². The van der Waals surface area contributed by atoms with Crippen molar-refractivity contribution in [2.24, 2.45) is 5.41 Å². The molecule has 1 fully saturated rings. The van der Waals surface area contributed by atoms with E-state index >= 15 is 0 Å². The quantitative estimate of drug-likeness (QED) is 0.740. The lowest BCUT2D eigenvalue weighted by atomic mass is 9.89. The number of hydrogen-bond acceptors (Lipinski definition) is 3. The number of hydrogen-bond donors (Lipinski definition) is 0. The molecule has 3 nitrogen and oxygen atoms in total. The fraction of sp³-hybridized carbons (Fsp3) is 0.500. The Bertz CT molecular complexity index is 399. The number of carbonyl (C=O) groups is 1. The van der Waals surface area contributed by atoms with E-state index in [0.717, 1.165) is 38.9 Å². The van der Waals surface area contributed by atoms with E-state index in [0.29, 0.717) is 6.61 Å². The molecule has 0 aliphatic carbocycles. The van der Waals surface area contributed by atoms with E-state index in [1.807, 2.05) is 0 Å². The van der Waals surface area contributed by atoms with Crippen LogP contribution in [0.2, 0.25) is 0 Å². The number of ether oxygens (including phenoxy) is 1. The summed E-state index contributed by atoms with van der Waals surface area (Å²) in [5.41, 5.74) is 2.53. The van der Waals surface area contributed by atoms with Crippen molar-refractivity contribution in [1.29, 1.82) is 0 Å². The highest BCUT2D eigenvalue weighted by Crippen LogP contribution is 2.31. The molecule has 1 atom stereocenters. The minimum absolute atomic E-state index is 0.262. The molecule has 0 N–H and O–H groups in total. The lowest BCUT2D eigenvalue weighted by Gasteiger charge is -2.26. The van der Waals surface area contributed by atoms with Crippen molar-refractivity contribution in [3.05, 3.63) is 35.4 Å².